The van der Waals surface area contributed by atoms with Gasteiger partial charge < -0.3 is 10.6 Å². The molecule has 126 valence electrons. The smallest absolute Gasteiger partial charge is 0.246 e. The quantitative estimate of drug-likeness (QED) is 0.790. The minimum atomic E-state index is -0.448. The predicted molar refractivity (Wildman–Crippen MR) is 95.9 cm³/mol. The largest absolute Gasteiger partial charge is 0.370 e. The summed E-state index contributed by atoms with van der Waals surface area (Å²) in [6, 6.07) is 18.6. The number of rotatable bonds is 7. The molecule has 0 aliphatic carbocycles. The summed E-state index contributed by atoms with van der Waals surface area (Å²) in [7, 11) is 0. The second-order valence-corrected chi connectivity index (χ2v) is 5.53. The Morgan fingerprint density at radius 1 is 1.12 bits per heavy atom. The van der Waals surface area contributed by atoms with Crippen molar-refractivity contribution in [2.45, 2.75) is 13.0 Å². The first-order valence-electron chi connectivity index (χ1n) is 7.88. The molecule has 5 heteroatoms. The van der Waals surface area contributed by atoms with Crippen LogP contribution in [0.4, 0.5) is 0 Å². The molecule has 0 saturated carbocycles. The summed E-state index contributed by atoms with van der Waals surface area (Å²) in [5, 5.41) is 8.92. The van der Waals surface area contributed by atoms with Crippen LogP contribution < -0.4 is 5.73 Å². The highest BCUT2D eigenvalue weighted by atomic mass is 16.2. The van der Waals surface area contributed by atoms with Crippen LogP contribution >= 0.6 is 0 Å². The Morgan fingerprint density at radius 3 is 2.56 bits per heavy atom. The number of carbonyl (C=O) groups excluding carboxylic acids is 2. The zero-order valence-electron chi connectivity index (χ0n) is 13.8. The third-order valence-electron chi connectivity index (χ3n) is 3.59. The van der Waals surface area contributed by atoms with Crippen molar-refractivity contribution in [3.05, 3.63) is 77.4 Å². The minimum Gasteiger partial charge on any atom is -0.370 e. The number of hydrogen-bond acceptors (Lipinski definition) is 3. The molecule has 0 fully saturated rings. The van der Waals surface area contributed by atoms with Crippen LogP contribution in [-0.2, 0) is 16.1 Å². The first-order valence-corrected chi connectivity index (χ1v) is 7.88. The first kappa shape index (κ1) is 18.0. The Labute approximate surface area is 147 Å². The first-order chi connectivity index (χ1) is 12.1. The van der Waals surface area contributed by atoms with Gasteiger partial charge in [-0.3, -0.25) is 9.59 Å². The monoisotopic (exact) mass is 333 g/mol. The maximum Gasteiger partial charge on any atom is 0.246 e. The van der Waals surface area contributed by atoms with Crippen molar-refractivity contribution in [2.24, 2.45) is 5.73 Å². The summed E-state index contributed by atoms with van der Waals surface area (Å²) in [6.07, 6.45) is 3.21. The molecule has 0 spiro atoms. The molecule has 2 aromatic rings. The molecule has 0 aliphatic rings. The van der Waals surface area contributed by atoms with Crippen LogP contribution in [0.1, 0.15) is 23.1 Å². The van der Waals surface area contributed by atoms with Crippen LogP contribution in [-0.4, -0.2) is 23.3 Å². The molecule has 0 aliphatic heterocycles. The molecule has 2 aromatic carbocycles. The molecule has 0 aromatic heterocycles. The average molecular weight is 333 g/mol. The Hall–Kier alpha value is -3.39. The van der Waals surface area contributed by atoms with Gasteiger partial charge in [0.2, 0.25) is 11.8 Å². The number of primary amides is 1. The predicted octanol–water partition coefficient (Wildman–Crippen LogP) is 2.48. The number of nitrogens with zero attached hydrogens (tertiary/aromatic N) is 2. The zero-order valence-corrected chi connectivity index (χ0v) is 13.8. The van der Waals surface area contributed by atoms with Crippen LogP contribution in [0.15, 0.2) is 60.7 Å². The summed E-state index contributed by atoms with van der Waals surface area (Å²) in [5.74, 6) is -0.663. The lowest BCUT2D eigenvalue weighted by Crippen LogP contribution is -2.32. The van der Waals surface area contributed by atoms with Gasteiger partial charge in [0, 0.05) is 25.6 Å². The SMILES string of the molecule is N#Cc1cccc(/C=C/C(=O)N(CCC(N)=O)Cc2ccccc2)c1. The third kappa shape index (κ3) is 5.96. The normalized spacial score (nSPS) is 10.4. The Balaban J connectivity index is 2.11. The number of benzene rings is 2. The van der Waals surface area contributed by atoms with Crippen molar-refractivity contribution in [2.75, 3.05) is 6.54 Å². The molecule has 0 heterocycles. The third-order valence-corrected chi connectivity index (χ3v) is 3.59. The summed E-state index contributed by atoms with van der Waals surface area (Å²) in [6.45, 7) is 0.654. The van der Waals surface area contributed by atoms with Crippen molar-refractivity contribution in [3.8, 4) is 6.07 Å². The average Bonchev–Trinajstić information content (AvgIpc) is 2.64. The van der Waals surface area contributed by atoms with Gasteiger partial charge in [-0.05, 0) is 29.3 Å². The second-order valence-electron chi connectivity index (χ2n) is 5.53. The minimum absolute atomic E-state index is 0.107. The molecule has 5 nitrogen and oxygen atoms in total. The molecule has 2 amide bonds. The molecular formula is C20H19N3O2. The van der Waals surface area contributed by atoms with Crippen molar-refractivity contribution < 1.29 is 9.59 Å². The van der Waals surface area contributed by atoms with Crippen molar-refractivity contribution in [3.63, 3.8) is 0 Å². The van der Waals surface area contributed by atoms with E-state index in [1.807, 2.05) is 36.4 Å². The second kappa shape index (κ2) is 9.04. The van der Waals surface area contributed by atoms with E-state index >= 15 is 0 Å². The van der Waals surface area contributed by atoms with E-state index < -0.39 is 5.91 Å². The van der Waals surface area contributed by atoms with Gasteiger partial charge in [0.25, 0.3) is 0 Å². The van der Waals surface area contributed by atoms with Crippen LogP contribution in [0.3, 0.4) is 0 Å². The van der Waals surface area contributed by atoms with Crippen LogP contribution in [0.5, 0.6) is 0 Å². The van der Waals surface area contributed by atoms with Crippen LogP contribution in [0.2, 0.25) is 0 Å². The van der Waals surface area contributed by atoms with E-state index in [2.05, 4.69) is 6.07 Å². The molecule has 0 saturated heterocycles. The fourth-order valence-electron chi connectivity index (χ4n) is 2.30. The highest BCUT2D eigenvalue weighted by molar-refractivity contribution is 5.92. The van der Waals surface area contributed by atoms with Gasteiger partial charge in [0.05, 0.1) is 11.6 Å². The zero-order chi connectivity index (χ0) is 18.1. The van der Waals surface area contributed by atoms with E-state index in [1.165, 1.54) is 6.08 Å². The van der Waals surface area contributed by atoms with E-state index in [0.29, 0.717) is 12.1 Å². The molecule has 0 atom stereocenters. The Morgan fingerprint density at radius 2 is 1.88 bits per heavy atom. The lowest BCUT2D eigenvalue weighted by Gasteiger charge is -2.20. The fourth-order valence-corrected chi connectivity index (χ4v) is 2.30. The molecule has 0 bridgehead atoms. The van der Waals surface area contributed by atoms with Crippen LogP contribution in [0, 0.1) is 11.3 Å². The van der Waals surface area contributed by atoms with E-state index in [9.17, 15) is 9.59 Å². The molecular weight excluding hydrogens is 314 g/mol. The topological polar surface area (TPSA) is 87.2 Å². The Bertz CT molecular complexity index is 807. The number of carbonyl (C=O) groups is 2. The van der Waals surface area contributed by atoms with E-state index in [4.69, 9.17) is 11.0 Å². The number of nitrogens with two attached hydrogens (primary N) is 1. The standard InChI is InChI=1S/C20H19N3O2/c21-14-18-8-4-7-16(13-18)9-10-20(25)23(12-11-19(22)24)15-17-5-2-1-3-6-17/h1-10,13H,11-12,15H2,(H2,22,24)/b10-9+. The van der Waals surface area contributed by atoms with Gasteiger partial charge in [-0.2, -0.15) is 5.26 Å². The lowest BCUT2D eigenvalue weighted by molar-refractivity contribution is -0.127. The van der Waals surface area contributed by atoms with Gasteiger partial charge >= 0.3 is 0 Å². The number of nitriles is 1. The maximum absolute atomic E-state index is 12.5. The van der Waals surface area contributed by atoms with E-state index in [-0.39, 0.29) is 18.9 Å². The fraction of sp³-hybridized carbons (Fsp3) is 0.150. The highest BCUT2D eigenvalue weighted by Crippen LogP contribution is 2.09. The van der Waals surface area contributed by atoms with Gasteiger partial charge in [0.15, 0.2) is 0 Å². The molecule has 2 N–H and O–H groups in total. The van der Waals surface area contributed by atoms with Crippen LogP contribution in [0.25, 0.3) is 6.08 Å². The summed E-state index contributed by atoms with van der Waals surface area (Å²) >= 11 is 0. The summed E-state index contributed by atoms with van der Waals surface area (Å²) < 4.78 is 0. The number of amides is 2. The van der Waals surface area contributed by atoms with Crippen molar-refractivity contribution in [1.29, 1.82) is 5.26 Å². The summed E-state index contributed by atoms with van der Waals surface area (Å²) in [4.78, 5) is 25.1. The molecule has 0 unspecified atom stereocenters. The molecule has 25 heavy (non-hydrogen) atoms. The van der Waals surface area contributed by atoms with E-state index in [0.717, 1.165) is 11.1 Å². The summed E-state index contributed by atoms with van der Waals surface area (Å²) in [5.41, 5.74) is 7.48. The van der Waals surface area contributed by atoms with E-state index in [1.54, 1.807) is 29.2 Å². The van der Waals surface area contributed by atoms with Gasteiger partial charge in [-0.1, -0.05) is 42.5 Å². The Kier molecular flexibility index (Phi) is 6.49. The van der Waals surface area contributed by atoms with Crippen molar-refractivity contribution in [1.82, 2.24) is 4.90 Å². The molecule has 0 radical (unpaired) electrons. The van der Waals surface area contributed by atoms with Gasteiger partial charge in [0.1, 0.15) is 0 Å². The lowest BCUT2D eigenvalue weighted by atomic mass is 10.1. The molecule has 2 rings (SSSR count). The van der Waals surface area contributed by atoms with Crippen molar-refractivity contribution >= 4 is 17.9 Å². The van der Waals surface area contributed by atoms with Gasteiger partial charge in [-0.15, -0.1) is 0 Å². The highest BCUT2D eigenvalue weighted by Gasteiger charge is 2.12. The van der Waals surface area contributed by atoms with Gasteiger partial charge in [-0.25, -0.2) is 0 Å². The maximum atomic E-state index is 12.5. The number of hydrogen-bond donors (Lipinski definition) is 1.